The molecular formula is C30H32BrN7O3. The summed E-state index contributed by atoms with van der Waals surface area (Å²) in [5.74, 6) is 0.468. The van der Waals surface area contributed by atoms with Crippen molar-refractivity contribution in [1.29, 1.82) is 0 Å². The van der Waals surface area contributed by atoms with Gasteiger partial charge in [-0.3, -0.25) is 19.1 Å². The molecule has 0 spiro atoms. The second kappa shape index (κ2) is 11.1. The van der Waals surface area contributed by atoms with Crippen molar-refractivity contribution in [3.05, 3.63) is 63.9 Å². The first-order chi connectivity index (χ1) is 19.4. The van der Waals surface area contributed by atoms with Gasteiger partial charge in [-0.15, -0.1) is 0 Å². The van der Waals surface area contributed by atoms with E-state index in [0.717, 1.165) is 22.3 Å². The Morgan fingerprint density at radius 1 is 1.02 bits per heavy atom. The Kier molecular flexibility index (Phi) is 7.74. The van der Waals surface area contributed by atoms with Crippen LogP contribution in [-0.4, -0.2) is 59.8 Å². The number of nitrogens with zero attached hydrogens (tertiary/aromatic N) is 6. The molecule has 1 aliphatic heterocycles. The number of carbonyl (C=O) groups is 3. The molecule has 3 atom stereocenters. The molecule has 3 aromatic heterocycles. The number of Topliss-reactive ketones (excluding diaryl/α,β-unsaturated/α-hetero) is 1. The van der Waals surface area contributed by atoms with Crippen molar-refractivity contribution in [2.45, 2.75) is 54.1 Å². The quantitative estimate of drug-likeness (QED) is 0.241. The van der Waals surface area contributed by atoms with E-state index >= 15 is 0 Å². The molecule has 10 nitrogen and oxygen atoms in total. The van der Waals surface area contributed by atoms with E-state index in [2.05, 4.69) is 41.3 Å². The fourth-order valence-corrected chi connectivity index (χ4v) is 5.78. The minimum absolute atomic E-state index is 0.0606. The Hall–Kier alpha value is -3.99. The van der Waals surface area contributed by atoms with Crippen LogP contribution in [0.1, 0.15) is 48.2 Å². The number of hydrogen-bond acceptors (Lipinski definition) is 7. The van der Waals surface area contributed by atoms with Gasteiger partial charge in [0.05, 0.1) is 5.52 Å². The zero-order chi connectivity index (χ0) is 29.6. The van der Waals surface area contributed by atoms with Gasteiger partial charge in [0.1, 0.15) is 34.5 Å². The van der Waals surface area contributed by atoms with Gasteiger partial charge in [0.25, 0.3) is 0 Å². The van der Waals surface area contributed by atoms with Crippen LogP contribution < -0.4 is 5.32 Å². The number of hydrogen-bond donors (Lipinski definition) is 1. The van der Waals surface area contributed by atoms with Gasteiger partial charge in [0.15, 0.2) is 5.78 Å². The highest BCUT2D eigenvalue weighted by Crippen LogP contribution is 2.33. The van der Waals surface area contributed by atoms with E-state index < -0.39 is 6.04 Å². The highest BCUT2D eigenvalue weighted by molar-refractivity contribution is 9.10. The maximum Gasteiger partial charge on any atom is 0.248 e. The number of rotatable bonds is 6. The molecule has 4 aromatic rings. The first kappa shape index (κ1) is 28.5. The summed E-state index contributed by atoms with van der Waals surface area (Å²) in [5, 5.41) is 8.17. The monoisotopic (exact) mass is 617 g/mol. The summed E-state index contributed by atoms with van der Waals surface area (Å²) in [4.78, 5) is 54.5. The fraction of sp³-hybridized carbons (Fsp3) is 0.367. The van der Waals surface area contributed by atoms with Gasteiger partial charge in [-0.1, -0.05) is 19.9 Å². The topological polar surface area (TPSA) is 123 Å². The molecule has 1 N–H and O–H groups in total. The lowest BCUT2D eigenvalue weighted by atomic mass is 9.93. The normalized spacial score (nSPS) is 18.6. The summed E-state index contributed by atoms with van der Waals surface area (Å²) in [5.41, 5.74) is 4.36. The van der Waals surface area contributed by atoms with E-state index in [0.29, 0.717) is 39.4 Å². The predicted octanol–water partition coefficient (Wildman–Crippen LogP) is 4.90. The number of aromatic nitrogens is 5. The van der Waals surface area contributed by atoms with Crippen LogP contribution in [-0.2, 0) is 16.1 Å². The largest absolute Gasteiger partial charge is 0.328 e. The van der Waals surface area contributed by atoms with Crippen molar-refractivity contribution in [2.75, 3.05) is 11.9 Å². The third kappa shape index (κ3) is 5.50. The first-order valence-electron chi connectivity index (χ1n) is 13.5. The Bertz CT molecular complexity index is 1680. The number of halogens is 1. The molecule has 1 saturated heterocycles. The van der Waals surface area contributed by atoms with E-state index in [1.54, 1.807) is 22.0 Å². The SMILES string of the molecule is CC(=O)c1nn(CC(=O)N2C[C@@H](C)[C@@H](C)[C@H]2C(=O)Nc2nc(Br)ccc2C)c2c(C)cc(-c3cnc(C)nc3)cc12. The second-order valence-corrected chi connectivity index (χ2v) is 11.7. The molecule has 0 aliphatic carbocycles. The molecule has 2 amide bonds. The molecular weight excluding hydrogens is 586 g/mol. The number of anilines is 1. The molecule has 212 valence electrons. The number of ketones is 1. The van der Waals surface area contributed by atoms with Gasteiger partial charge in [0.2, 0.25) is 11.8 Å². The summed E-state index contributed by atoms with van der Waals surface area (Å²) < 4.78 is 2.20. The van der Waals surface area contributed by atoms with Crippen LogP contribution >= 0.6 is 15.9 Å². The predicted molar refractivity (Wildman–Crippen MR) is 159 cm³/mol. The Morgan fingerprint density at radius 2 is 1.73 bits per heavy atom. The molecule has 1 aliphatic rings. The minimum atomic E-state index is -0.666. The highest BCUT2D eigenvalue weighted by Gasteiger charge is 2.44. The molecule has 1 fully saturated rings. The average Bonchev–Trinajstić information content (AvgIpc) is 3.44. The van der Waals surface area contributed by atoms with Crippen molar-refractivity contribution in [3.63, 3.8) is 0 Å². The Labute approximate surface area is 246 Å². The van der Waals surface area contributed by atoms with Crippen LogP contribution in [0.3, 0.4) is 0 Å². The van der Waals surface area contributed by atoms with Gasteiger partial charge in [0, 0.05) is 36.8 Å². The van der Waals surface area contributed by atoms with Gasteiger partial charge in [-0.2, -0.15) is 5.10 Å². The summed E-state index contributed by atoms with van der Waals surface area (Å²) in [6, 6.07) is 6.88. The van der Waals surface area contributed by atoms with Crippen LogP contribution in [0.5, 0.6) is 0 Å². The zero-order valence-corrected chi connectivity index (χ0v) is 25.5. The van der Waals surface area contributed by atoms with Crippen LogP contribution in [0.4, 0.5) is 5.82 Å². The minimum Gasteiger partial charge on any atom is -0.328 e. The average molecular weight is 619 g/mol. The van der Waals surface area contributed by atoms with Crippen LogP contribution in [0.15, 0.2) is 41.3 Å². The lowest BCUT2D eigenvalue weighted by molar-refractivity contribution is -0.138. The number of benzene rings is 1. The fourth-order valence-electron chi connectivity index (χ4n) is 5.47. The lowest BCUT2D eigenvalue weighted by Gasteiger charge is -2.26. The number of fused-ring (bicyclic) bond motifs is 1. The first-order valence-corrected chi connectivity index (χ1v) is 14.3. The number of pyridine rings is 1. The van der Waals surface area contributed by atoms with Crippen molar-refractivity contribution in [3.8, 4) is 11.1 Å². The van der Waals surface area contributed by atoms with E-state index in [1.165, 1.54) is 6.92 Å². The van der Waals surface area contributed by atoms with Gasteiger partial charge < -0.3 is 10.2 Å². The Balaban J connectivity index is 1.47. The molecule has 1 aromatic carbocycles. The molecule has 11 heteroatoms. The molecule has 0 radical (unpaired) electrons. The smallest absolute Gasteiger partial charge is 0.248 e. The standard InChI is InChI=1S/C30H32BrN7O3/c1-15-7-8-24(31)34-29(15)35-30(41)28-18(4)17(3)13-37(28)25(40)14-38-27-16(2)9-21(22-11-32-20(6)33-12-22)10-23(27)26(36-38)19(5)39/h7-12,17-18,28H,13-14H2,1-6H3,(H,34,35,41)/t17-,18-,28+/m1/s1. The second-order valence-electron chi connectivity index (χ2n) is 10.9. The van der Waals surface area contributed by atoms with Crippen molar-refractivity contribution >= 4 is 50.2 Å². The molecule has 4 heterocycles. The van der Waals surface area contributed by atoms with Gasteiger partial charge >= 0.3 is 0 Å². The van der Waals surface area contributed by atoms with Gasteiger partial charge in [-0.25, -0.2) is 15.0 Å². The van der Waals surface area contributed by atoms with Crippen LogP contribution in [0, 0.1) is 32.6 Å². The molecule has 41 heavy (non-hydrogen) atoms. The molecule has 0 bridgehead atoms. The summed E-state index contributed by atoms with van der Waals surface area (Å²) in [7, 11) is 0. The summed E-state index contributed by atoms with van der Waals surface area (Å²) >= 11 is 3.35. The van der Waals surface area contributed by atoms with Crippen molar-refractivity contribution in [1.82, 2.24) is 29.6 Å². The van der Waals surface area contributed by atoms with Gasteiger partial charge in [-0.05, 0) is 83.4 Å². The maximum atomic E-state index is 13.8. The number of carbonyl (C=O) groups excluding carboxylic acids is 3. The lowest BCUT2D eigenvalue weighted by Crippen LogP contribution is -2.46. The third-order valence-electron chi connectivity index (χ3n) is 7.88. The maximum absolute atomic E-state index is 13.8. The van der Waals surface area contributed by atoms with Crippen molar-refractivity contribution < 1.29 is 14.4 Å². The summed E-state index contributed by atoms with van der Waals surface area (Å²) in [6.07, 6.45) is 3.49. The van der Waals surface area contributed by atoms with E-state index in [4.69, 9.17) is 0 Å². The van der Waals surface area contributed by atoms with Crippen LogP contribution in [0.25, 0.3) is 22.0 Å². The third-order valence-corrected chi connectivity index (χ3v) is 8.32. The van der Waals surface area contributed by atoms with E-state index in [-0.39, 0.29) is 36.0 Å². The number of amides is 2. The highest BCUT2D eigenvalue weighted by atomic mass is 79.9. The number of likely N-dealkylation sites (tertiary alicyclic amines) is 1. The zero-order valence-electron chi connectivity index (χ0n) is 23.9. The van der Waals surface area contributed by atoms with Crippen LogP contribution in [0.2, 0.25) is 0 Å². The Morgan fingerprint density at radius 3 is 2.41 bits per heavy atom. The number of nitrogens with one attached hydrogen (secondary N) is 1. The molecule has 0 saturated carbocycles. The van der Waals surface area contributed by atoms with Crippen molar-refractivity contribution in [2.24, 2.45) is 11.8 Å². The molecule has 5 rings (SSSR count). The molecule has 0 unspecified atom stereocenters. The van der Waals surface area contributed by atoms with E-state index in [9.17, 15) is 14.4 Å². The number of aryl methyl sites for hydroxylation is 3. The summed E-state index contributed by atoms with van der Waals surface area (Å²) in [6.45, 7) is 11.5. The van der Waals surface area contributed by atoms with E-state index in [1.807, 2.05) is 58.9 Å².